The molecule has 0 aromatic rings. The van der Waals surface area contributed by atoms with Crippen molar-refractivity contribution in [1.82, 2.24) is 5.32 Å². The molecule has 0 radical (unpaired) electrons. The molecule has 0 rings (SSSR count). The zero-order valence-corrected chi connectivity index (χ0v) is 11.9. The predicted octanol–water partition coefficient (Wildman–Crippen LogP) is 3.88. The predicted molar refractivity (Wildman–Crippen MR) is 69.9 cm³/mol. The minimum absolute atomic E-state index is 0.245. The number of rotatable bonds is 5. The molecule has 0 aromatic heterocycles. The van der Waals surface area contributed by atoms with Crippen LogP contribution in [-0.2, 0) is 0 Å². The fraction of sp³-hybridized carbons (Fsp3) is 0.909. The molecule has 0 saturated heterocycles. The lowest BCUT2D eigenvalue weighted by Gasteiger charge is -2.31. The average molecular weight is 252 g/mol. The first kappa shape index (κ1) is 15.1. The molecule has 0 spiro atoms. The van der Waals surface area contributed by atoms with Crippen molar-refractivity contribution in [2.24, 2.45) is 5.41 Å². The van der Waals surface area contributed by atoms with Crippen LogP contribution in [0.5, 0.6) is 0 Å². The summed E-state index contributed by atoms with van der Waals surface area (Å²) >= 11 is 7.05. The number of hydrogen-bond acceptors (Lipinski definition) is 2. The lowest BCUT2D eigenvalue weighted by Crippen LogP contribution is -2.26. The summed E-state index contributed by atoms with van der Waals surface area (Å²) in [5.41, 5.74) is 0.340. The Hall–Kier alpha value is 0.110. The van der Waals surface area contributed by atoms with Gasteiger partial charge in [0.1, 0.15) is 0 Å². The van der Waals surface area contributed by atoms with E-state index < -0.39 is 5.37 Å². The van der Waals surface area contributed by atoms with Crippen LogP contribution in [0.15, 0.2) is 0 Å². The summed E-state index contributed by atoms with van der Waals surface area (Å²) in [6, 6.07) is 0. The van der Waals surface area contributed by atoms with Crippen molar-refractivity contribution >= 4 is 28.7 Å². The smallest absolute Gasteiger partial charge is 0.313 e. The van der Waals surface area contributed by atoms with E-state index in [4.69, 9.17) is 11.6 Å². The lowest BCUT2D eigenvalue weighted by atomic mass is 9.86. The highest BCUT2D eigenvalue weighted by atomic mass is 35.5. The van der Waals surface area contributed by atoms with Crippen LogP contribution in [0.3, 0.4) is 0 Å². The molecule has 0 fully saturated rings. The van der Waals surface area contributed by atoms with Gasteiger partial charge in [-0.15, -0.1) is 0 Å². The van der Waals surface area contributed by atoms with E-state index in [1.165, 1.54) is 0 Å². The first-order valence-corrected chi connectivity index (χ1v) is 6.56. The number of halogens is 1. The summed E-state index contributed by atoms with van der Waals surface area (Å²) in [6.45, 7) is 11.9. The van der Waals surface area contributed by atoms with E-state index in [1.807, 2.05) is 11.8 Å². The Labute approximate surface area is 103 Å². The summed E-state index contributed by atoms with van der Waals surface area (Å²) in [6.07, 6.45) is 1.15. The Morgan fingerprint density at radius 1 is 1.27 bits per heavy atom. The second-order valence-corrected chi connectivity index (χ2v) is 7.69. The first-order chi connectivity index (χ1) is 6.62. The van der Waals surface area contributed by atoms with E-state index in [1.54, 1.807) is 0 Å². The standard InChI is InChI=1S/C11H22ClNOS/c1-10(2,3)8-11(4,5)15-7-6-13-9(12)14/h6-8H2,1-5H3,(H,13,14). The van der Waals surface area contributed by atoms with Gasteiger partial charge < -0.3 is 5.32 Å². The third-order valence-electron chi connectivity index (χ3n) is 1.81. The van der Waals surface area contributed by atoms with Crippen LogP contribution >= 0.6 is 23.4 Å². The molecule has 0 aliphatic heterocycles. The van der Waals surface area contributed by atoms with Gasteiger partial charge in [0, 0.05) is 17.0 Å². The quantitative estimate of drug-likeness (QED) is 0.456. The molecule has 0 aliphatic rings. The molecule has 15 heavy (non-hydrogen) atoms. The number of carbonyl (C=O) groups is 1. The van der Waals surface area contributed by atoms with Gasteiger partial charge in [-0.2, -0.15) is 11.8 Å². The molecule has 1 amide bonds. The van der Waals surface area contributed by atoms with Gasteiger partial charge in [0.15, 0.2) is 0 Å². The van der Waals surface area contributed by atoms with Crippen LogP contribution in [0.2, 0.25) is 0 Å². The van der Waals surface area contributed by atoms with Gasteiger partial charge in [-0.05, 0) is 23.4 Å². The average Bonchev–Trinajstić information content (AvgIpc) is 1.93. The van der Waals surface area contributed by atoms with E-state index in [0.717, 1.165) is 12.2 Å². The van der Waals surface area contributed by atoms with Crippen LogP contribution in [0.1, 0.15) is 41.0 Å². The SMILES string of the molecule is CC(C)(C)CC(C)(C)SCCNC(=O)Cl. The van der Waals surface area contributed by atoms with Crippen molar-refractivity contribution in [1.29, 1.82) is 0 Å². The topological polar surface area (TPSA) is 29.1 Å². The van der Waals surface area contributed by atoms with Crippen LogP contribution in [-0.4, -0.2) is 22.4 Å². The van der Waals surface area contributed by atoms with Crippen molar-refractivity contribution in [3.8, 4) is 0 Å². The van der Waals surface area contributed by atoms with Gasteiger partial charge in [-0.3, -0.25) is 4.79 Å². The molecular formula is C11H22ClNOS. The van der Waals surface area contributed by atoms with E-state index >= 15 is 0 Å². The minimum atomic E-state index is -0.468. The van der Waals surface area contributed by atoms with Crippen LogP contribution in [0.25, 0.3) is 0 Å². The van der Waals surface area contributed by atoms with Crippen molar-refractivity contribution in [2.45, 2.75) is 45.8 Å². The Bertz CT molecular complexity index is 211. The summed E-state index contributed by atoms with van der Waals surface area (Å²) in [5.74, 6) is 0.904. The molecule has 4 heteroatoms. The third kappa shape index (κ3) is 10.4. The molecule has 0 atom stereocenters. The van der Waals surface area contributed by atoms with Gasteiger partial charge in [-0.25, -0.2) is 0 Å². The number of thioether (sulfide) groups is 1. The van der Waals surface area contributed by atoms with Gasteiger partial charge in [-0.1, -0.05) is 34.6 Å². The van der Waals surface area contributed by atoms with Crippen LogP contribution in [0, 0.1) is 5.41 Å². The summed E-state index contributed by atoms with van der Waals surface area (Å²) in [7, 11) is 0. The fourth-order valence-electron chi connectivity index (χ4n) is 1.80. The summed E-state index contributed by atoms with van der Waals surface area (Å²) in [5, 5.41) is 2.12. The molecule has 0 heterocycles. The zero-order valence-electron chi connectivity index (χ0n) is 10.3. The van der Waals surface area contributed by atoms with E-state index in [2.05, 4.69) is 39.9 Å². The monoisotopic (exact) mass is 251 g/mol. The largest absolute Gasteiger partial charge is 0.342 e. The number of hydrogen-bond donors (Lipinski definition) is 1. The van der Waals surface area contributed by atoms with Gasteiger partial charge in [0.25, 0.3) is 0 Å². The van der Waals surface area contributed by atoms with Crippen molar-refractivity contribution in [2.75, 3.05) is 12.3 Å². The van der Waals surface area contributed by atoms with E-state index in [9.17, 15) is 4.79 Å². The fourth-order valence-corrected chi connectivity index (χ4v) is 3.19. The highest BCUT2D eigenvalue weighted by molar-refractivity contribution is 8.00. The maximum atomic E-state index is 10.4. The molecule has 90 valence electrons. The normalized spacial score (nSPS) is 12.7. The maximum Gasteiger partial charge on any atom is 0.313 e. The Kier molecular flexibility index (Phi) is 6.04. The Balaban J connectivity index is 3.79. The number of nitrogens with one attached hydrogen (secondary N) is 1. The van der Waals surface area contributed by atoms with Crippen LogP contribution in [0.4, 0.5) is 4.79 Å². The molecular weight excluding hydrogens is 230 g/mol. The van der Waals surface area contributed by atoms with Gasteiger partial charge in [0.05, 0.1) is 0 Å². The Morgan fingerprint density at radius 3 is 2.20 bits per heavy atom. The van der Waals surface area contributed by atoms with Crippen molar-refractivity contribution in [3.05, 3.63) is 0 Å². The van der Waals surface area contributed by atoms with Crippen LogP contribution < -0.4 is 5.32 Å². The molecule has 0 aromatic carbocycles. The van der Waals surface area contributed by atoms with Gasteiger partial charge >= 0.3 is 5.37 Å². The van der Waals surface area contributed by atoms with E-state index in [0.29, 0.717) is 12.0 Å². The highest BCUT2D eigenvalue weighted by Crippen LogP contribution is 2.36. The molecule has 0 unspecified atom stereocenters. The number of carbonyl (C=O) groups excluding carboxylic acids is 1. The second-order valence-electron chi connectivity index (χ2n) is 5.55. The molecule has 0 aliphatic carbocycles. The highest BCUT2D eigenvalue weighted by Gasteiger charge is 2.25. The molecule has 0 bridgehead atoms. The Morgan fingerprint density at radius 2 is 1.80 bits per heavy atom. The van der Waals surface area contributed by atoms with Gasteiger partial charge in [0.2, 0.25) is 0 Å². The lowest BCUT2D eigenvalue weighted by molar-refractivity contribution is 0.260. The second kappa shape index (κ2) is 6.00. The summed E-state index contributed by atoms with van der Waals surface area (Å²) in [4.78, 5) is 10.4. The zero-order chi connectivity index (χ0) is 12.1. The van der Waals surface area contributed by atoms with Crippen molar-refractivity contribution in [3.63, 3.8) is 0 Å². The molecule has 0 saturated carbocycles. The third-order valence-corrected chi connectivity index (χ3v) is 3.28. The first-order valence-electron chi connectivity index (χ1n) is 5.20. The molecule has 2 nitrogen and oxygen atoms in total. The molecule has 1 N–H and O–H groups in total. The van der Waals surface area contributed by atoms with Crippen molar-refractivity contribution < 1.29 is 4.79 Å². The maximum absolute atomic E-state index is 10.4. The van der Waals surface area contributed by atoms with E-state index in [-0.39, 0.29) is 4.75 Å². The summed E-state index contributed by atoms with van der Waals surface area (Å²) < 4.78 is 0.245. The minimum Gasteiger partial charge on any atom is -0.342 e. The number of amides is 1.